The summed E-state index contributed by atoms with van der Waals surface area (Å²) in [5.41, 5.74) is 2.40. The van der Waals surface area contributed by atoms with Crippen molar-refractivity contribution in [3.8, 4) is 0 Å². The Hall–Kier alpha value is -2.90. The summed E-state index contributed by atoms with van der Waals surface area (Å²) >= 11 is 0. The van der Waals surface area contributed by atoms with Crippen molar-refractivity contribution in [1.29, 1.82) is 0 Å². The summed E-state index contributed by atoms with van der Waals surface area (Å²) < 4.78 is 5.74. The molecule has 7 heteroatoms. The van der Waals surface area contributed by atoms with Gasteiger partial charge in [-0.25, -0.2) is 0 Å². The molecule has 1 aliphatic heterocycles. The Balaban J connectivity index is 1.44. The van der Waals surface area contributed by atoms with Crippen LogP contribution in [0.25, 0.3) is 0 Å². The van der Waals surface area contributed by atoms with Crippen LogP contribution in [0.3, 0.4) is 0 Å². The van der Waals surface area contributed by atoms with E-state index < -0.39 is 0 Å². The number of rotatable bonds is 11. The summed E-state index contributed by atoms with van der Waals surface area (Å²) in [6.45, 7) is 17.5. The number of nitrogens with one attached hydrogen (secondary N) is 3. The second kappa shape index (κ2) is 12.7. The van der Waals surface area contributed by atoms with Crippen molar-refractivity contribution in [2.45, 2.75) is 59.1 Å². The van der Waals surface area contributed by atoms with Gasteiger partial charge in [0.1, 0.15) is 11.3 Å². The number of pyridine rings is 1. The van der Waals surface area contributed by atoms with Gasteiger partial charge in [0.05, 0.1) is 11.4 Å². The molecule has 0 radical (unpaired) electrons. The molecule has 0 aliphatic carbocycles. The number of carbonyl (C=O) groups is 1. The van der Waals surface area contributed by atoms with E-state index in [9.17, 15) is 4.79 Å². The first-order chi connectivity index (χ1) is 16.7. The van der Waals surface area contributed by atoms with Crippen molar-refractivity contribution in [3.63, 3.8) is 0 Å². The van der Waals surface area contributed by atoms with Crippen LogP contribution in [0, 0.1) is 5.92 Å². The smallest absolute Gasteiger partial charge is 0.274 e. The summed E-state index contributed by atoms with van der Waals surface area (Å²) in [4.78, 5) is 19.7. The quantitative estimate of drug-likeness (QED) is 0.302. The third kappa shape index (κ3) is 9.34. The van der Waals surface area contributed by atoms with Gasteiger partial charge in [-0.05, 0) is 102 Å². The maximum absolute atomic E-state index is 12.8. The van der Waals surface area contributed by atoms with Gasteiger partial charge >= 0.3 is 0 Å². The van der Waals surface area contributed by atoms with Crippen molar-refractivity contribution in [3.05, 3.63) is 66.3 Å². The van der Waals surface area contributed by atoms with Gasteiger partial charge in [-0.2, -0.15) is 0 Å². The number of ether oxygens (including phenoxy) is 1. The number of anilines is 2. The highest BCUT2D eigenvalue weighted by Crippen LogP contribution is 2.24. The number of likely N-dealkylation sites (tertiary alicyclic amines) is 1. The zero-order valence-corrected chi connectivity index (χ0v) is 21.7. The summed E-state index contributed by atoms with van der Waals surface area (Å²) in [7, 11) is 0. The number of para-hydroxylation sites is 2. The van der Waals surface area contributed by atoms with Crippen molar-refractivity contribution < 1.29 is 9.53 Å². The van der Waals surface area contributed by atoms with Gasteiger partial charge in [0, 0.05) is 12.7 Å². The van der Waals surface area contributed by atoms with Crippen LogP contribution in [0.1, 0.15) is 63.0 Å². The molecule has 7 nitrogen and oxygen atoms in total. The molecule has 1 saturated heterocycles. The molecule has 1 aliphatic rings. The van der Waals surface area contributed by atoms with E-state index >= 15 is 0 Å². The molecular formula is C28H41N5O2. The van der Waals surface area contributed by atoms with Crippen LogP contribution < -0.4 is 16.0 Å². The maximum atomic E-state index is 12.8. The molecule has 0 bridgehead atoms. The molecule has 0 atom stereocenters. The number of carbonyl (C=O) groups excluding carboxylic acids is 1. The Morgan fingerprint density at radius 1 is 1.11 bits per heavy atom. The number of piperidine rings is 1. The molecule has 0 unspecified atom stereocenters. The van der Waals surface area contributed by atoms with Crippen molar-refractivity contribution in [2.24, 2.45) is 5.92 Å². The molecule has 1 fully saturated rings. The number of aromatic nitrogens is 1. The molecule has 35 heavy (non-hydrogen) atoms. The van der Waals surface area contributed by atoms with Crippen LogP contribution in [-0.2, 0) is 11.3 Å². The minimum absolute atomic E-state index is 0.267. The highest BCUT2D eigenvalue weighted by atomic mass is 16.5. The average molecular weight is 480 g/mol. The second-order valence-corrected chi connectivity index (χ2v) is 10.4. The molecule has 0 saturated carbocycles. The lowest BCUT2D eigenvalue weighted by Crippen LogP contribution is -2.34. The van der Waals surface area contributed by atoms with Gasteiger partial charge in [-0.3, -0.25) is 9.78 Å². The molecule has 1 aromatic carbocycles. The lowest BCUT2D eigenvalue weighted by molar-refractivity contribution is 0.0565. The fourth-order valence-corrected chi connectivity index (χ4v) is 4.04. The first-order valence-corrected chi connectivity index (χ1v) is 12.6. The average Bonchev–Trinajstić information content (AvgIpc) is 2.80. The van der Waals surface area contributed by atoms with Gasteiger partial charge in [-0.15, -0.1) is 0 Å². The standard InChI is InChI=1S/C28H41N5O2/c1-21-13-17-33(18-14-21)16-8-15-29-19-23-11-12-26(30-20-23)27(34)32-25-10-7-6-9-24(25)31-22(2)35-28(3,4)5/h6-7,9-12,20-21,29,31H,2,8,13-19H2,1,3-5H3,(H,32,34). The van der Waals surface area contributed by atoms with Crippen LogP contribution in [0.2, 0.25) is 0 Å². The van der Waals surface area contributed by atoms with Crippen LogP contribution in [0.15, 0.2) is 55.1 Å². The Labute approximate surface area is 210 Å². The molecule has 190 valence electrons. The fourth-order valence-electron chi connectivity index (χ4n) is 4.04. The second-order valence-electron chi connectivity index (χ2n) is 10.4. The van der Waals surface area contributed by atoms with Crippen molar-refractivity contribution in [2.75, 3.05) is 36.8 Å². The Morgan fingerprint density at radius 2 is 1.80 bits per heavy atom. The number of hydrogen-bond acceptors (Lipinski definition) is 6. The number of nitrogens with zero attached hydrogens (tertiary/aromatic N) is 2. The summed E-state index contributed by atoms with van der Waals surface area (Å²) in [5.74, 6) is 1.03. The Bertz CT molecular complexity index is 960. The molecule has 2 heterocycles. The van der Waals surface area contributed by atoms with Crippen LogP contribution in [-0.4, -0.2) is 47.6 Å². The van der Waals surface area contributed by atoms with Gasteiger partial charge in [-0.1, -0.05) is 25.1 Å². The molecular weight excluding hydrogens is 438 g/mol. The van der Waals surface area contributed by atoms with E-state index in [0.29, 0.717) is 23.0 Å². The minimum atomic E-state index is -0.366. The summed E-state index contributed by atoms with van der Waals surface area (Å²) in [6.07, 6.45) is 5.55. The number of amides is 1. The monoisotopic (exact) mass is 479 g/mol. The van der Waals surface area contributed by atoms with Crippen molar-refractivity contribution >= 4 is 17.3 Å². The first kappa shape index (κ1) is 26.7. The molecule has 0 spiro atoms. The fraction of sp³-hybridized carbons (Fsp3) is 0.500. The van der Waals surface area contributed by atoms with E-state index in [1.807, 2.05) is 51.1 Å². The first-order valence-electron chi connectivity index (χ1n) is 12.6. The maximum Gasteiger partial charge on any atom is 0.274 e. The third-order valence-corrected chi connectivity index (χ3v) is 5.97. The topological polar surface area (TPSA) is 78.5 Å². The predicted molar refractivity (Wildman–Crippen MR) is 143 cm³/mol. The van der Waals surface area contributed by atoms with Gasteiger partial charge < -0.3 is 25.6 Å². The van der Waals surface area contributed by atoms with Crippen LogP contribution in [0.4, 0.5) is 11.4 Å². The van der Waals surface area contributed by atoms with Crippen LogP contribution in [0.5, 0.6) is 0 Å². The third-order valence-electron chi connectivity index (χ3n) is 5.97. The van der Waals surface area contributed by atoms with Gasteiger partial charge in [0.25, 0.3) is 5.91 Å². The zero-order chi connectivity index (χ0) is 25.3. The lowest BCUT2D eigenvalue weighted by atomic mass is 9.99. The Kier molecular flexibility index (Phi) is 9.69. The summed E-state index contributed by atoms with van der Waals surface area (Å²) in [5, 5.41) is 9.54. The normalized spacial score (nSPS) is 15.0. The number of benzene rings is 1. The molecule has 2 aromatic rings. The van der Waals surface area contributed by atoms with E-state index in [4.69, 9.17) is 4.74 Å². The van der Waals surface area contributed by atoms with E-state index in [1.165, 1.54) is 25.9 Å². The highest BCUT2D eigenvalue weighted by Gasteiger charge is 2.16. The SMILES string of the molecule is C=C(Nc1ccccc1NC(=O)c1ccc(CNCCCN2CCC(C)CC2)cn1)OC(C)(C)C. The van der Waals surface area contributed by atoms with E-state index in [-0.39, 0.29) is 11.5 Å². The van der Waals surface area contributed by atoms with E-state index in [2.05, 4.69) is 39.3 Å². The molecule has 3 N–H and O–H groups in total. The molecule has 1 amide bonds. The zero-order valence-electron chi connectivity index (χ0n) is 21.7. The van der Waals surface area contributed by atoms with E-state index in [1.54, 1.807) is 12.3 Å². The highest BCUT2D eigenvalue weighted by molar-refractivity contribution is 6.04. The largest absolute Gasteiger partial charge is 0.474 e. The minimum Gasteiger partial charge on any atom is -0.474 e. The predicted octanol–water partition coefficient (Wildman–Crippen LogP) is 5.24. The van der Waals surface area contributed by atoms with Crippen LogP contribution >= 0.6 is 0 Å². The Morgan fingerprint density at radius 3 is 2.43 bits per heavy atom. The van der Waals surface area contributed by atoms with E-state index in [0.717, 1.165) is 37.5 Å². The lowest BCUT2D eigenvalue weighted by Gasteiger charge is -2.30. The number of hydrogen-bond donors (Lipinski definition) is 3. The van der Waals surface area contributed by atoms with Gasteiger partial charge in [0.15, 0.2) is 5.88 Å². The molecule has 1 aromatic heterocycles. The van der Waals surface area contributed by atoms with Crippen molar-refractivity contribution in [1.82, 2.24) is 15.2 Å². The summed E-state index contributed by atoms with van der Waals surface area (Å²) in [6, 6.07) is 11.1. The van der Waals surface area contributed by atoms with Gasteiger partial charge in [0.2, 0.25) is 0 Å². The molecule has 3 rings (SSSR count).